The number of methoxy groups -OCH3 is 1. The van der Waals surface area contributed by atoms with Crippen molar-refractivity contribution in [2.75, 3.05) is 31.8 Å². The van der Waals surface area contributed by atoms with Gasteiger partial charge in [-0.15, -0.1) is 15.6 Å². The minimum Gasteiger partial charge on any atom is -0.496 e. The van der Waals surface area contributed by atoms with E-state index < -0.39 is 39.8 Å². The number of hydrogen-bond donors (Lipinski definition) is 2. The fourth-order valence-corrected chi connectivity index (χ4v) is 8.96. The molecule has 0 spiro atoms. The fourth-order valence-electron chi connectivity index (χ4n) is 5.22. The molecule has 1 fully saturated rings. The molecular formula is C27H32FN3O9S2. The number of sulfonamides is 1. The van der Waals surface area contributed by atoms with Crippen LogP contribution < -0.4 is 9.64 Å². The zero-order valence-electron chi connectivity index (χ0n) is 23.4. The zero-order valence-corrected chi connectivity index (χ0v) is 25.1. The second-order valence-electron chi connectivity index (χ2n) is 10.5. The van der Waals surface area contributed by atoms with Gasteiger partial charge in [-0.05, 0) is 57.4 Å². The Labute approximate surface area is 246 Å². The molecule has 1 aromatic carbocycles. The monoisotopic (exact) mass is 625 g/mol. The van der Waals surface area contributed by atoms with Crippen LogP contribution in [0.5, 0.6) is 5.75 Å². The maximum Gasteiger partial charge on any atom is 0.324 e. The molecule has 2 aliphatic heterocycles. The zero-order chi connectivity index (χ0) is 30.4. The van der Waals surface area contributed by atoms with E-state index in [1.165, 1.54) is 56.5 Å². The first-order valence-corrected chi connectivity index (χ1v) is 15.5. The third-order valence-electron chi connectivity index (χ3n) is 7.47. The number of carboxylic acid groups (broad SMARTS) is 1. The van der Waals surface area contributed by atoms with Crippen molar-refractivity contribution in [2.45, 2.75) is 62.6 Å². The lowest BCUT2D eigenvalue weighted by atomic mass is 10.0. The molecule has 0 bridgehead atoms. The number of hydrogen-bond acceptors (Lipinski definition) is 11. The highest BCUT2D eigenvalue weighted by molar-refractivity contribution is 7.89. The van der Waals surface area contributed by atoms with Crippen molar-refractivity contribution < 1.29 is 46.4 Å². The van der Waals surface area contributed by atoms with Gasteiger partial charge in [0.2, 0.25) is 12.2 Å². The number of aliphatic hydroxyl groups excluding tert-OH is 1. The predicted octanol–water partition coefficient (Wildman–Crippen LogP) is 3.75. The number of carboxylic acids is 1. The largest absolute Gasteiger partial charge is 0.496 e. The Balaban J connectivity index is 1.68. The van der Waals surface area contributed by atoms with Crippen molar-refractivity contribution in [3.05, 3.63) is 47.6 Å². The number of rotatable bonds is 9. The van der Waals surface area contributed by atoms with Gasteiger partial charge in [-0.1, -0.05) is 0 Å². The number of anilines is 1. The standard InChI is InChI=1S/C27H32FN3O9S2/c1-15-21(23-29-9-12-39-23)41-24-22(15)42(35,36)31(27(2,3)25(32)33)26(34)30(24)14-20(40-17-7-10-38-11-8-17)18-13-16(28)5-6-19(18)37-4/h5-6,9,12-13,17,20,26,34H,7-8,10-11,14H2,1-4H3,(H,32,33)/t20-,26?/m0/s1. The van der Waals surface area contributed by atoms with E-state index in [0.717, 1.165) is 11.3 Å². The molecule has 1 unspecified atom stereocenters. The number of aliphatic hydroxyl groups is 1. The number of nitrogens with zero attached hydrogens (tertiary/aromatic N) is 3. The summed E-state index contributed by atoms with van der Waals surface area (Å²) in [6.07, 6.45) is 0.752. The second kappa shape index (κ2) is 11.5. The van der Waals surface area contributed by atoms with Crippen LogP contribution >= 0.6 is 11.3 Å². The summed E-state index contributed by atoms with van der Waals surface area (Å²) in [5.74, 6) is -1.50. The van der Waals surface area contributed by atoms with E-state index in [0.29, 0.717) is 46.6 Å². The number of aliphatic carboxylic acids is 1. The van der Waals surface area contributed by atoms with Crippen molar-refractivity contribution in [3.63, 3.8) is 0 Å². The number of carbonyl (C=O) groups is 1. The quantitative estimate of drug-likeness (QED) is 0.358. The Morgan fingerprint density at radius 3 is 2.64 bits per heavy atom. The summed E-state index contributed by atoms with van der Waals surface area (Å²) in [6.45, 7) is 4.72. The number of aromatic nitrogens is 1. The first-order chi connectivity index (χ1) is 19.9. The van der Waals surface area contributed by atoms with Crippen LogP contribution in [0, 0.1) is 12.7 Å². The van der Waals surface area contributed by atoms with Crippen molar-refractivity contribution in [2.24, 2.45) is 0 Å². The van der Waals surface area contributed by atoms with Gasteiger partial charge in [-0.2, -0.15) is 0 Å². The molecule has 0 amide bonds. The fraction of sp³-hybridized carbons (Fsp3) is 0.481. The van der Waals surface area contributed by atoms with E-state index in [9.17, 15) is 27.8 Å². The Morgan fingerprint density at radius 1 is 1.31 bits per heavy atom. The van der Waals surface area contributed by atoms with Gasteiger partial charge in [0, 0.05) is 18.8 Å². The molecule has 42 heavy (non-hydrogen) atoms. The highest BCUT2D eigenvalue weighted by atomic mass is 32.2. The lowest BCUT2D eigenvalue weighted by Gasteiger charge is -2.46. The summed E-state index contributed by atoms with van der Waals surface area (Å²) >= 11 is 1.03. The van der Waals surface area contributed by atoms with Crippen LogP contribution in [0.25, 0.3) is 10.8 Å². The molecule has 5 rings (SSSR count). The van der Waals surface area contributed by atoms with Gasteiger partial charge in [0.05, 0.1) is 30.8 Å². The van der Waals surface area contributed by atoms with Crippen molar-refractivity contribution in [3.8, 4) is 16.5 Å². The van der Waals surface area contributed by atoms with Crippen LogP contribution in [-0.2, 0) is 24.3 Å². The highest BCUT2D eigenvalue weighted by Crippen LogP contribution is 2.50. The molecule has 3 aromatic rings. The third-order valence-corrected chi connectivity index (χ3v) is 11.1. The van der Waals surface area contributed by atoms with Gasteiger partial charge >= 0.3 is 5.97 Å². The second-order valence-corrected chi connectivity index (χ2v) is 13.3. The van der Waals surface area contributed by atoms with E-state index in [1.807, 2.05) is 0 Å². The van der Waals surface area contributed by atoms with E-state index in [4.69, 9.17) is 18.6 Å². The van der Waals surface area contributed by atoms with E-state index >= 15 is 0 Å². The smallest absolute Gasteiger partial charge is 0.324 e. The average molecular weight is 626 g/mol. The van der Waals surface area contributed by atoms with E-state index in [2.05, 4.69) is 4.98 Å². The summed E-state index contributed by atoms with van der Waals surface area (Å²) < 4.78 is 66.1. The maximum absolute atomic E-state index is 14.6. The average Bonchev–Trinajstić information content (AvgIpc) is 3.59. The molecule has 4 heterocycles. The molecular weight excluding hydrogens is 593 g/mol. The Bertz CT molecular complexity index is 1550. The van der Waals surface area contributed by atoms with Crippen LogP contribution in [0.4, 0.5) is 9.39 Å². The van der Waals surface area contributed by atoms with Gasteiger partial charge in [0.1, 0.15) is 39.4 Å². The maximum atomic E-state index is 14.6. The normalized spacial score (nSPS) is 20.3. The SMILES string of the molecule is COc1ccc(F)cc1[C@H](CN1c2sc(-c3ncco3)c(C)c2S(=O)(=O)N(C(C)(C)C(=O)O)C1O)OC1CCOCC1. The highest BCUT2D eigenvalue weighted by Gasteiger charge is 2.54. The lowest BCUT2D eigenvalue weighted by Crippen LogP contribution is -2.65. The summed E-state index contributed by atoms with van der Waals surface area (Å²) in [5.41, 5.74) is -1.43. The van der Waals surface area contributed by atoms with Gasteiger partial charge in [-0.25, -0.2) is 17.8 Å². The number of oxazole rings is 1. The van der Waals surface area contributed by atoms with Crippen molar-refractivity contribution >= 4 is 32.3 Å². The van der Waals surface area contributed by atoms with Crippen LogP contribution in [-0.4, -0.2) is 78.8 Å². The lowest BCUT2D eigenvalue weighted by molar-refractivity contribution is -0.151. The Hall–Kier alpha value is -3.08. The van der Waals surface area contributed by atoms with Crippen LogP contribution in [0.2, 0.25) is 0 Å². The van der Waals surface area contributed by atoms with E-state index in [-0.39, 0.29) is 34.0 Å². The number of benzene rings is 1. The number of halogens is 1. The summed E-state index contributed by atoms with van der Waals surface area (Å²) in [4.78, 5) is 18.1. The third kappa shape index (κ3) is 5.29. The molecule has 2 aromatic heterocycles. The molecule has 0 saturated carbocycles. The summed E-state index contributed by atoms with van der Waals surface area (Å²) in [7, 11) is -3.12. The van der Waals surface area contributed by atoms with Crippen LogP contribution in [0.1, 0.15) is 43.9 Å². The molecule has 15 heteroatoms. The first kappa shape index (κ1) is 30.4. The summed E-state index contributed by atoms with van der Waals surface area (Å²) in [6, 6.07) is 3.98. The van der Waals surface area contributed by atoms with Crippen LogP contribution in [0.15, 0.2) is 40.0 Å². The number of fused-ring (bicyclic) bond motifs is 1. The van der Waals surface area contributed by atoms with Gasteiger partial charge in [0.15, 0.2) is 0 Å². The van der Waals surface area contributed by atoms with Crippen molar-refractivity contribution in [1.82, 2.24) is 9.29 Å². The Morgan fingerprint density at radius 2 is 2.02 bits per heavy atom. The van der Waals surface area contributed by atoms with E-state index in [1.54, 1.807) is 6.92 Å². The first-order valence-electron chi connectivity index (χ1n) is 13.2. The minimum atomic E-state index is -4.56. The number of ether oxygens (including phenoxy) is 3. The number of thiophene rings is 1. The Kier molecular flexibility index (Phi) is 8.35. The van der Waals surface area contributed by atoms with Gasteiger partial charge in [0.25, 0.3) is 10.0 Å². The van der Waals surface area contributed by atoms with Gasteiger partial charge in [-0.3, -0.25) is 4.79 Å². The van der Waals surface area contributed by atoms with Crippen molar-refractivity contribution in [1.29, 1.82) is 0 Å². The topological polar surface area (TPSA) is 152 Å². The molecule has 1 saturated heterocycles. The molecule has 2 aliphatic rings. The molecule has 0 radical (unpaired) electrons. The minimum absolute atomic E-state index is 0.140. The summed E-state index contributed by atoms with van der Waals surface area (Å²) in [5, 5.41) is 21.9. The predicted molar refractivity (Wildman–Crippen MR) is 149 cm³/mol. The van der Waals surface area contributed by atoms with Gasteiger partial charge < -0.3 is 33.7 Å². The molecule has 228 valence electrons. The molecule has 2 N–H and O–H groups in total. The molecule has 2 atom stereocenters. The molecule has 12 nitrogen and oxygen atoms in total. The van der Waals surface area contributed by atoms with Crippen LogP contribution in [0.3, 0.4) is 0 Å². The molecule has 0 aliphatic carbocycles.